The molecule has 0 aliphatic heterocycles. The number of para-hydroxylation sites is 2. The third-order valence-electron chi connectivity index (χ3n) is 7.36. The molecule has 0 bridgehead atoms. The van der Waals surface area contributed by atoms with Gasteiger partial charge in [0.25, 0.3) is 0 Å². The predicted octanol–water partition coefficient (Wildman–Crippen LogP) is 8.99. The highest BCUT2D eigenvalue weighted by Gasteiger charge is 2.18. The van der Waals surface area contributed by atoms with E-state index in [1.165, 1.54) is 0 Å². The summed E-state index contributed by atoms with van der Waals surface area (Å²) in [5, 5.41) is 3.04. The van der Waals surface area contributed by atoms with Crippen molar-refractivity contribution >= 4 is 32.8 Å². The molecule has 5 heteroatoms. The van der Waals surface area contributed by atoms with Crippen LogP contribution in [0.3, 0.4) is 0 Å². The van der Waals surface area contributed by atoms with Crippen molar-refractivity contribution in [3.8, 4) is 45.3 Å². The number of aromatic nitrogens is 4. The van der Waals surface area contributed by atoms with Crippen molar-refractivity contribution in [2.75, 3.05) is 0 Å². The zero-order valence-electron chi connectivity index (χ0n) is 21.9. The van der Waals surface area contributed by atoms with Gasteiger partial charge in [-0.05, 0) is 41.5 Å². The summed E-state index contributed by atoms with van der Waals surface area (Å²) in [4.78, 5) is 19.7. The standard InChI is InChI=1S/C36H22N4O/c1-2-10-23(11-3-1)24-13-8-14-26(20-24)34-38-35(27-21-25-12-4-6-17-30(25)37-22-27)40-36(39-34)29-16-9-19-32-33(29)28-15-5-7-18-31(28)41-32/h1-22H. The molecular weight excluding hydrogens is 504 g/mol. The second-order valence-corrected chi connectivity index (χ2v) is 9.95. The molecule has 0 aliphatic rings. The van der Waals surface area contributed by atoms with Crippen molar-refractivity contribution < 1.29 is 4.42 Å². The Morgan fingerprint density at radius 1 is 0.463 bits per heavy atom. The molecule has 192 valence electrons. The first kappa shape index (κ1) is 23.2. The quantitative estimate of drug-likeness (QED) is 0.229. The van der Waals surface area contributed by atoms with Crippen molar-refractivity contribution in [2.45, 2.75) is 0 Å². The lowest BCUT2D eigenvalue weighted by Crippen LogP contribution is -2.01. The van der Waals surface area contributed by atoms with Gasteiger partial charge in [-0.25, -0.2) is 15.0 Å². The maximum absolute atomic E-state index is 6.18. The molecule has 0 aliphatic carbocycles. The lowest BCUT2D eigenvalue weighted by Gasteiger charge is -2.10. The number of fused-ring (bicyclic) bond motifs is 4. The van der Waals surface area contributed by atoms with Crippen molar-refractivity contribution in [3.63, 3.8) is 0 Å². The van der Waals surface area contributed by atoms with Gasteiger partial charge in [0.15, 0.2) is 17.5 Å². The van der Waals surface area contributed by atoms with Crippen LogP contribution in [0.5, 0.6) is 0 Å². The van der Waals surface area contributed by atoms with Crippen molar-refractivity contribution in [1.82, 2.24) is 19.9 Å². The highest BCUT2D eigenvalue weighted by molar-refractivity contribution is 6.11. The van der Waals surface area contributed by atoms with Crippen LogP contribution in [0.2, 0.25) is 0 Å². The molecule has 0 unspecified atom stereocenters. The van der Waals surface area contributed by atoms with E-state index in [4.69, 9.17) is 19.4 Å². The Bertz CT molecular complexity index is 2220. The molecule has 0 spiro atoms. The number of hydrogen-bond acceptors (Lipinski definition) is 5. The molecule has 3 heterocycles. The minimum absolute atomic E-state index is 0.568. The Morgan fingerprint density at radius 2 is 1.15 bits per heavy atom. The third kappa shape index (κ3) is 4.12. The van der Waals surface area contributed by atoms with Crippen molar-refractivity contribution in [2.24, 2.45) is 0 Å². The Hall–Kier alpha value is -5.68. The molecule has 8 rings (SSSR count). The molecule has 0 atom stereocenters. The minimum Gasteiger partial charge on any atom is -0.456 e. The molecule has 41 heavy (non-hydrogen) atoms. The minimum atomic E-state index is 0.568. The monoisotopic (exact) mass is 526 g/mol. The highest BCUT2D eigenvalue weighted by atomic mass is 16.3. The first-order valence-electron chi connectivity index (χ1n) is 13.5. The summed E-state index contributed by atoms with van der Waals surface area (Å²) in [7, 11) is 0. The molecule has 0 radical (unpaired) electrons. The molecule has 8 aromatic rings. The topological polar surface area (TPSA) is 64.7 Å². The number of hydrogen-bond donors (Lipinski definition) is 0. The number of pyridine rings is 1. The molecule has 5 aromatic carbocycles. The summed E-state index contributed by atoms with van der Waals surface area (Å²) in [6.45, 7) is 0. The lowest BCUT2D eigenvalue weighted by molar-refractivity contribution is 0.669. The van der Waals surface area contributed by atoms with E-state index >= 15 is 0 Å². The van der Waals surface area contributed by atoms with Crippen LogP contribution in [0.25, 0.3) is 78.1 Å². The number of rotatable bonds is 4. The molecule has 5 nitrogen and oxygen atoms in total. The second kappa shape index (κ2) is 9.50. The Morgan fingerprint density at radius 3 is 2.07 bits per heavy atom. The van der Waals surface area contributed by atoms with Gasteiger partial charge in [0.05, 0.1) is 5.52 Å². The van der Waals surface area contributed by atoms with Crippen LogP contribution in [-0.4, -0.2) is 19.9 Å². The average Bonchev–Trinajstić information content (AvgIpc) is 3.44. The third-order valence-corrected chi connectivity index (χ3v) is 7.36. The molecule has 3 aromatic heterocycles. The molecule has 0 saturated heterocycles. The normalized spacial score (nSPS) is 11.4. The second-order valence-electron chi connectivity index (χ2n) is 9.95. The van der Waals surface area contributed by atoms with Crippen LogP contribution < -0.4 is 0 Å². The van der Waals surface area contributed by atoms with E-state index in [0.29, 0.717) is 17.5 Å². The predicted molar refractivity (Wildman–Crippen MR) is 164 cm³/mol. The van der Waals surface area contributed by atoms with Gasteiger partial charge in [-0.1, -0.05) is 97.1 Å². The molecule has 0 saturated carbocycles. The van der Waals surface area contributed by atoms with Gasteiger partial charge in [0.2, 0.25) is 0 Å². The van der Waals surface area contributed by atoms with E-state index in [1.54, 1.807) is 0 Å². The maximum Gasteiger partial charge on any atom is 0.165 e. The van der Waals surface area contributed by atoms with E-state index in [-0.39, 0.29) is 0 Å². The van der Waals surface area contributed by atoms with Crippen LogP contribution >= 0.6 is 0 Å². The van der Waals surface area contributed by atoms with Crippen LogP contribution in [0.1, 0.15) is 0 Å². The Kier molecular flexibility index (Phi) is 5.38. The molecule has 0 N–H and O–H groups in total. The smallest absolute Gasteiger partial charge is 0.165 e. The SMILES string of the molecule is c1ccc(-c2cccc(-c3nc(-c4cnc5ccccc5c4)nc(-c4cccc5oc6ccccc6c45)n3)c2)cc1. The van der Waals surface area contributed by atoms with Crippen molar-refractivity contribution in [3.05, 3.63) is 134 Å². The van der Waals surface area contributed by atoms with Gasteiger partial charge in [0.1, 0.15) is 11.2 Å². The van der Waals surface area contributed by atoms with Crippen LogP contribution in [0, 0.1) is 0 Å². The number of nitrogens with zero attached hydrogens (tertiary/aromatic N) is 4. The first-order valence-corrected chi connectivity index (χ1v) is 13.5. The fourth-order valence-corrected chi connectivity index (χ4v) is 5.38. The van der Waals surface area contributed by atoms with Gasteiger partial charge in [-0.2, -0.15) is 0 Å². The first-order chi connectivity index (χ1) is 20.3. The summed E-state index contributed by atoms with van der Waals surface area (Å²) in [6.07, 6.45) is 1.83. The van der Waals surface area contributed by atoms with E-state index < -0.39 is 0 Å². The maximum atomic E-state index is 6.18. The summed E-state index contributed by atoms with van der Waals surface area (Å²) < 4.78 is 6.18. The van der Waals surface area contributed by atoms with Gasteiger partial charge in [-0.15, -0.1) is 0 Å². The number of benzene rings is 5. The molecule has 0 amide bonds. The summed E-state index contributed by atoms with van der Waals surface area (Å²) in [5.74, 6) is 1.75. The van der Waals surface area contributed by atoms with E-state index in [1.807, 2.05) is 91.1 Å². The summed E-state index contributed by atoms with van der Waals surface area (Å²) in [5.41, 5.74) is 7.43. The zero-order chi connectivity index (χ0) is 27.2. The van der Waals surface area contributed by atoms with Gasteiger partial charge in [0, 0.05) is 39.0 Å². The lowest BCUT2D eigenvalue weighted by atomic mass is 10.0. The van der Waals surface area contributed by atoms with Gasteiger partial charge < -0.3 is 4.42 Å². The Balaban J connectivity index is 1.37. The summed E-state index contributed by atoms with van der Waals surface area (Å²) in [6, 6.07) is 42.9. The van der Waals surface area contributed by atoms with E-state index in [0.717, 1.165) is 60.7 Å². The zero-order valence-corrected chi connectivity index (χ0v) is 21.9. The fraction of sp³-hybridized carbons (Fsp3) is 0. The summed E-state index contributed by atoms with van der Waals surface area (Å²) >= 11 is 0. The number of furan rings is 1. The van der Waals surface area contributed by atoms with Gasteiger partial charge in [-0.3, -0.25) is 4.98 Å². The van der Waals surface area contributed by atoms with E-state index in [9.17, 15) is 0 Å². The van der Waals surface area contributed by atoms with Crippen LogP contribution in [0.4, 0.5) is 0 Å². The Labute approximate surface area is 235 Å². The van der Waals surface area contributed by atoms with Crippen LogP contribution in [-0.2, 0) is 0 Å². The largest absolute Gasteiger partial charge is 0.456 e. The average molecular weight is 527 g/mol. The fourth-order valence-electron chi connectivity index (χ4n) is 5.38. The van der Waals surface area contributed by atoms with Gasteiger partial charge >= 0.3 is 0 Å². The highest BCUT2D eigenvalue weighted by Crippen LogP contribution is 2.36. The van der Waals surface area contributed by atoms with Crippen LogP contribution in [0.15, 0.2) is 138 Å². The molecule has 0 fully saturated rings. The molecular formula is C36H22N4O. The van der Waals surface area contributed by atoms with Crippen molar-refractivity contribution in [1.29, 1.82) is 0 Å². The van der Waals surface area contributed by atoms with E-state index in [2.05, 4.69) is 47.4 Å².